The third kappa shape index (κ3) is 5.26. The second-order valence-electron chi connectivity index (χ2n) is 8.48. The highest BCUT2D eigenvalue weighted by atomic mass is 16.5. The molecule has 3 N–H and O–H groups in total. The Morgan fingerprint density at radius 2 is 2.03 bits per heavy atom. The van der Waals surface area contributed by atoms with Gasteiger partial charge >= 0.3 is 11.9 Å². The largest absolute Gasteiger partial charge is 0.490 e. The van der Waals surface area contributed by atoms with E-state index in [2.05, 4.69) is 16.2 Å². The van der Waals surface area contributed by atoms with Gasteiger partial charge in [0.1, 0.15) is 23.6 Å². The van der Waals surface area contributed by atoms with Crippen LogP contribution in [-0.4, -0.2) is 39.3 Å². The second kappa shape index (κ2) is 10.4. The lowest BCUT2D eigenvalue weighted by atomic mass is 10.0. The number of nitriles is 1. The molecule has 4 rings (SSSR count). The van der Waals surface area contributed by atoms with Crippen LogP contribution in [-0.2, 0) is 20.7 Å². The van der Waals surface area contributed by atoms with Gasteiger partial charge < -0.3 is 24.8 Å². The van der Waals surface area contributed by atoms with Gasteiger partial charge in [-0.1, -0.05) is 23.4 Å². The zero-order valence-corrected chi connectivity index (χ0v) is 19.7. The fraction of sp³-hybridized carbons (Fsp3) is 0.269. The zero-order chi connectivity index (χ0) is 25.8. The molecule has 0 saturated carbocycles. The summed E-state index contributed by atoms with van der Waals surface area (Å²) in [6, 6.07) is 11.6. The smallest absolute Gasteiger partial charge is 0.328 e. The quantitative estimate of drug-likeness (QED) is 0.425. The number of aromatic nitrogens is 2. The first-order valence-corrected chi connectivity index (χ1v) is 11.3. The van der Waals surface area contributed by atoms with Gasteiger partial charge in [-0.25, -0.2) is 4.79 Å². The van der Waals surface area contributed by atoms with Crippen LogP contribution in [0.5, 0.6) is 5.75 Å². The number of ether oxygens (including phenoxy) is 2. The molecule has 1 aliphatic rings. The van der Waals surface area contributed by atoms with E-state index in [0.29, 0.717) is 46.0 Å². The predicted octanol–water partition coefficient (Wildman–Crippen LogP) is 3.69. The van der Waals surface area contributed by atoms with E-state index in [0.717, 1.165) is 5.56 Å². The minimum absolute atomic E-state index is 0.0158. The summed E-state index contributed by atoms with van der Waals surface area (Å²) in [6.45, 7) is 3.76. The Bertz CT molecular complexity index is 1390. The number of rotatable bonds is 9. The summed E-state index contributed by atoms with van der Waals surface area (Å²) in [5.74, 6) is -0.296. The van der Waals surface area contributed by atoms with Crippen LogP contribution in [0, 0.1) is 11.3 Å². The van der Waals surface area contributed by atoms with Crippen molar-refractivity contribution in [3.05, 3.63) is 59.2 Å². The Labute approximate surface area is 206 Å². The van der Waals surface area contributed by atoms with E-state index in [1.54, 1.807) is 36.4 Å². The Hall–Kier alpha value is -4.49. The van der Waals surface area contributed by atoms with Gasteiger partial charge in [0.25, 0.3) is 5.89 Å². The summed E-state index contributed by atoms with van der Waals surface area (Å²) in [6.07, 6.45) is 1.92. The van der Waals surface area contributed by atoms with Gasteiger partial charge in [0, 0.05) is 23.1 Å². The van der Waals surface area contributed by atoms with Crippen LogP contribution < -0.4 is 10.5 Å². The van der Waals surface area contributed by atoms with Crippen molar-refractivity contribution in [3.63, 3.8) is 0 Å². The Morgan fingerprint density at radius 1 is 1.25 bits per heavy atom. The van der Waals surface area contributed by atoms with Crippen LogP contribution in [0.3, 0.4) is 0 Å². The number of aliphatic carboxylic acids is 1. The van der Waals surface area contributed by atoms with Crippen LogP contribution in [0.1, 0.15) is 43.4 Å². The van der Waals surface area contributed by atoms with E-state index in [9.17, 15) is 14.9 Å². The maximum Gasteiger partial charge on any atom is 0.328 e. The number of hydrogen-bond donors (Lipinski definition) is 2. The average Bonchev–Trinajstić information content (AvgIpc) is 3.50. The van der Waals surface area contributed by atoms with Crippen LogP contribution >= 0.6 is 0 Å². The fourth-order valence-electron chi connectivity index (χ4n) is 3.79. The normalized spacial score (nSPS) is 13.0. The molecule has 10 heteroatoms. The molecule has 0 spiro atoms. The Morgan fingerprint density at radius 3 is 2.75 bits per heavy atom. The molecule has 0 fully saturated rings. The lowest BCUT2D eigenvalue weighted by Crippen LogP contribution is -2.32. The number of carboxylic acid groups (broad SMARTS) is 1. The number of fused-ring (bicyclic) bond motifs is 1. The number of esters is 1. The van der Waals surface area contributed by atoms with Crippen LogP contribution in [0.25, 0.3) is 28.6 Å². The number of hydrogen-bond acceptors (Lipinski definition) is 9. The molecule has 10 nitrogen and oxygen atoms in total. The lowest BCUT2D eigenvalue weighted by Gasteiger charge is -2.12. The molecule has 3 aromatic rings. The Balaban J connectivity index is 1.54. The van der Waals surface area contributed by atoms with Gasteiger partial charge in [-0.15, -0.1) is 0 Å². The van der Waals surface area contributed by atoms with Crippen molar-refractivity contribution in [1.29, 1.82) is 5.26 Å². The molecule has 0 saturated heterocycles. The van der Waals surface area contributed by atoms with E-state index in [1.807, 2.05) is 19.9 Å². The number of carboxylic acids is 1. The standard InChI is InChI=1S/C26H24N4O6/c1-14(2)34-21-9-6-15(12-16(21)13-27)25-29-24(30-36-25)19-5-3-4-18-17(19)7-10-22(18)35-26(33)20(28)8-11-23(31)32/h3-6,9-10,12,14,20H,7-8,11,28H2,1-2H3,(H,31,32). The zero-order valence-electron chi connectivity index (χ0n) is 19.7. The predicted molar refractivity (Wildman–Crippen MR) is 128 cm³/mol. The van der Waals surface area contributed by atoms with E-state index < -0.39 is 18.0 Å². The van der Waals surface area contributed by atoms with E-state index in [4.69, 9.17) is 24.8 Å². The van der Waals surface area contributed by atoms with Crippen molar-refractivity contribution in [2.45, 2.75) is 45.3 Å². The summed E-state index contributed by atoms with van der Waals surface area (Å²) in [4.78, 5) is 27.6. The van der Waals surface area contributed by atoms with Crippen LogP contribution in [0.4, 0.5) is 0 Å². The topological polar surface area (TPSA) is 162 Å². The molecule has 0 amide bonds. The maximum absolute atomic E-state index is 12.3. The molecule has 0 radical (unpaired) electrons. The molecule has 2 aromatic carbocycles. The number of carbonyl (C=O) groups is 2. The third-order valence-electron chi connectivity index (χ3n) is 5.49. The van der Waals surface area contributed by atoms with Crippen molar-refractivity contribution in [3.8, 4) is 34.7 Å². The molecule has 1 aliphatic carbocycles. The van der Waals surface area contributed by atoms with Crippen molar-refractivity contribution in [2.75, 3.05) is 0 Å². The summed E-state index contributed by atoms with van der Waals surface area (Å²) in [5.41, 5.74) is 8.97. The molecule has 184 valence electrons. The highest BCUT2D eigenvalue weighted by molar-refractivity contribution is 5.86. The molecule has 0 bridgehead atoms. The third-order valence-corrected chi connectivity index (χ3v) is 5.49. The molecular weight excluding hydrogens is 464 g/mol. The number of nitrogens with zero attached hydrogens (tertiary/aromatic N) is 3. The van der Waals surface area contributed by atoms with E-state index >= 15 is 0 Å². The lowest BCUT2D eigenvalue weighted by molar-refractivity contribution is -0.139. The number of carbonyl (C=O) groups excluding carboxylic acids is 1. The van der Waals surface area contributed by atoms with Gasteiger partial charge in [-0.3, -0.25) is 4.79 Å². The fourth-order valence-corrected chi connectivity index (χ4v) is 3.79. The SMILES string of the molecule is CC(C)Oc1ccc(-c2nc(-c3cccc4c3CC=C4OC(=O)C(N)CCC(=O)O)no2)cc1C#N. The van der Waals surface area contributed by atoms with Crippen molar-refractivity contribution >= 4 is 17.7 Å². The monoisotopic (exact) mass is 488 g/mol. The van der Waals surface area contributed by atoms with Gasteiger partial charge in [-0.05, 0) is 56.5 Å². The second-order valence-corrected chi connectivity index (χ2v) is 8.48. The number of benzene rings is 2. The van der Waals surface area contributed by atoms with E-state index in [1.165, 1.54) is 0 Å². The summed E-state index contributed by atoms with van der Waals surface area (Å²) >= 11 is 0. The summed E-state index contributed by atoms with van der Waals surface area (Å²) in [7, 11) is 0. The minimum atomic E-state index is -1.04. The van der Waals surface area contributed by atoms with Gasteiger partial charge in [0.05, 0.1) is 11.7 Å². The van der Waals surface area contributed by atoms with Crippen molar-refractivity contribution in [1.82, 2.24) is 10.1 Å². The first-order chi connectivity index (χ1) is 17.3. The minimum Gasteiger partial charge on any atom is -0.490 e. The van der Waals surface area contributed by atoms with Gasteiger partial charge in [0.2, 0.25) is 5.82 Å². The molecule has 1 unspecified atom stereocenters. The van der Waals surface area contributed by atoms with E-state index in [-0.39, 0.29) is 24.8 Å². The maximum atomic E-state index is 12.3. The Kier molecular flexibility index (Phi) is 7.12. The highest BCUT2D eigenvalue weighted by Crippen LogP contribution is 2.36. The molecule has 0 aliphatic heterocycles. The first kappa shape index (κ1) is 24.6. The van der Waals surface area contributed by atoms with Gasteiger partial charge in [0.15, 0.2) is 0 Å². The molecule has 36 heavy (non-hydrogen) atoms. The van der Waals surface area contributed by atoms with Crippen LogP contribution in [0.2, 0.25) is 0 Å². The highest BCUT2D eigenvalue weighted by Gasteiger charge is 2.26. The molecule has 1 aromatic heterocycles. The van der Waals surface area contributed by atoms with Crippen molar-refractivity contribution < 1.29 is 28.7 Å². The number of nitrogens with two attached hydrogens (primary N) is 1. The number of allylic oxidation sites excluding steroid dienone is 1. The summed E-state index contributed by atoms with van der Waals surface area (Å²) in [5, 5.41) is 22.4. The molecule has 1 heterocycles. The van der Waals surface area contributed by atoms with Crippen LogP contribution in [0.15, 0.2) is 47.0 Å². The van der Waals surface area contributed by atoms with Gasteiger partial charge in [-0.2, -0.15) is 10.2 Å². The molecule has 1 atom stereocenters. The van der Waals surface area contributed by atoms with Crippen molar-refractivity contribution in [2.24, 2.45) is 5.73 Å². The molecular formula is C26H24N4O6. The average molecular weight is 489 g/mol. The summed E-state index contributed by atoms with van der Waals surface area (Å²) < 4.78 is 16.6. The first-order valence-electron chi connectivity index (χ1n) is 11.3.